The lowest BCUT2D eigenvalue weighted by atomic mass is 10.1. The van der Waals surface area contributed by atoms with E-state index in [0.29, 0.717) is 11.2 Å². The van der Waals surface area contributed by atoms with Crippen molar-refractivity contribution in [2.45, 2.75) is 32.0 Å². The van der Waals surface area contributed by atoms with Crippen LogP contribution < -0.4 is 15.5 Å². The van der Waals surface area contributed by atoms with E-state index in [9.17, 15) is 0 Å². The van der Waals surface area contributed by atoms with Crippen LogP contribution in [0.3, 0.4) is 0 Å². The zero-order valence-electron chi connectivity index (χ0n) is 12.9. The van der Waals surface area contributed by atoms with E-state index in [4.69, 9.17) is 17.0 Å². The lowest BCUT2D eigenvalue weighted by Crippen LogP contribution is -3.04. The van der Waals surface area contributed by atoms with Crippen molar-refractivity contribution >= 4 is 17.3 Å². The molecule has 0 radical (unpaired) electrons. The summed E-state index contributed by atoms with van der Waals surface area (Å²) in [4.78, 5) is 1.43. The van der Waals surface area contributed by atoms with Crippen LogP contribution in [0.4, 0.5) is 0 Å². The van der Waals surface area contributed by atoms with Crippen LogP contribution in [-0.2, 0) is 17.8 Å². The molecule has 3 N–H and O–H groups in total. The van der Waals surface area contributed by atoms with Crippen molar-refractivity contribution in [1.29, 1.82) is 0 Å². The largest absolute Gasteiger partial charge is 0.376 e. The van der Waals surface area contributed by atoms with Crippen molar-refractivity contribution in [2.75, 3.05) is 27.2 Å². The number of quaternary nitrogens is 1. The van der Waals surface area contributed by atoms with E-state index < -0.39 is 0 Å². The Balaban J connectivity index is 1.68. The monoisotopic (exact) mass is 308 g/mol. The highest BCUT2D eigenvalue weighted by Crippen LogP contribution is 2.10. The molecule has 0 aliphatic carbocycles. The number of rotatable bonds is 6. The third kappa shape index (κ3) is 5.99. The molecule has 1 aromatic carbocycles. The molecule has 1 atom stereocenters. The van der Waals surface area contributed by atoms with Crippen molar-refractivity contribution in [3.05, 3.63) is 35.4 Å². The predicted octanol–water partition coefficient (Wildman–Crippen LogP) is 0.474. The number of thiocarbonyl (C=S) groups is 1. The predicted molar refractivity (Wildman–Crippen MR) is 89.4 cm³/mol. The first-order valence-electron chi connectivity index (χ1n) is 7.63. The quantitative estimate of drug-likeness (QED) is 0.668. The Morgan fingerprint density at radius 2 is 1.95 bits per heavy atom. The highest BCUT2D eigenvalue weighted by atomic mass is 32.1. The van der Waals surface area contributed by atoms with Gasteiger partial charge in [0.25, 0.3) is 0 Å². The Morgan fingerprint density at radius 1 is 1.24 bits per heavy atom. The molecular weight excluding hydrogens is 282 g/mol. The molecule has 1 aromatic rings. The number of benzene rings is 1. The summed E-state index contributed by atoms with van der Waals surface area (Å²) in [5.41, 5.74) is 2.60. The molecule has 21 heavy (non-hydrogen) atoms. The summed E-state index contributed by atoms with van der Waals surface area (Å²) in [5, 5.41) is 7.17. The zero-order chi connectivity index (χ0) is 15.1. The van der Waals surface area contributed by atoms with Gasteiger partial charge < -0.3 is 20.3 Å². The number of ether oxygens (including phenoxy) is 1. The molecular formula is C16H26N3OS+. The molecule has 2 rings (SSSR count). The minimum atomic E-state index is 0.317. The Bertz CT molecular complexity index is 441. The van der Waals surface area contributed by atoms with Gasteiger partial charge in [0.15, 0.2) is 5.11 Å². The van der Waals surface area contributed by atoms with E-state index in [1.165, 1.54) is 16.0 Å². The van der Waals surface area contributed by atoms with Gasteiger partial charge in [-0.1, -0.05) is 24.3 Å². The first-order chi connectivity index (χ1) is 10.1. The van der Waals surface area contributed by atoms with Gasteiger partial charge in [0.2, 0.25) is 0 Å². The van der Waals surface area contributed by atoms with Gasteiger partial charge in [-0.05, 0) is 30.6 Å². The molecule has 1 saturated heterocycles. The van der Waals surface area contributed by atoms with Crippen LogP contribution in [0.1, 0.15) is 24.0 Å². The maximum Gasteiger partial charge on any atom is 0.166 e. The van der Waals surface area contributed by atoms with E-state index in [2.05, 4.69) is 49.0 Å². The van der Waals surface area contributed by atoms with Gasteiger partial charge in [0, 0.05) is 25.3 Å². The first kappa shape index (κ1) is 16.2. The second-order valence-corrected chi connectivity index (χ2v) is 6.31. The van der Waals surface area contributed by atoms with E-state index in [1.807, 2.05) is 0 Å². The second-order valence-electron chi connectivity index (χ2n) is 5.90. The minimum Gasteiger partial charge on any atom is -0.376 e. The van der Waals surface area contributed by atoms with Crippen LogP contribution in [-0.4, -0.2) is 38.5 Å². The van der Waals surface area contributed by atoms with E-state index in [1.54, 1.807) is 0 Å². The molecule has 5 heteroatoms. The average Bonchev–Trinajstić information content (AvgIpc) is 2.97. The van der Waals surface area contributed by atoms with Crippen LogP contribution in [0.2, 0.25) is 0 Å². The van der Waals surface area contributed by atoms with Gasteiger partial charge in [-0.2, -0.15) is 0 Å². The fraction of sp³-hybridized carbons (Fsp3) is 0.562. The molecule has 1 aliphatic rings. The molecule has 0 unspecified atom stereocenters. The smallest absolute Gasteiger partial charge is 0.166 e. The van der Waals surface area contributed by atoms with Crippen LogP contribution in [0.25, 0.3) is 0 Å². The Morgan fingerprint density at radius 3 is 2.57 bits per heavy atom. The zero-order valence-corrected chi connectivity index (χ0v) is 13.8. The summed E-state index contributed by atoms with van der Waals surface area (Å²) in [5.74, 6) is 0. The normalized spacial score (nSPS) is 18.0. The van der Waals surface area contributed by atoms with Gasteiger partial charge in [-0.25, -0.2) is 0 Å². The van der Waals surface area contributed by atoms with E-state index in [0.717, 1.165) is 39.1 Å². The van der Waals surface area contributed by atoms with Crippen LogP contribution in [0.15, 0.2) is 24.3 Å². The summed E-state index contributed by atoms with van der Waals surface area (Å²) < 4.78 is 5.56. The molecule has 0 amide bonds. The van der Waals surface area contributed by atoms with Crippen molar-refractivity contribution in [1.82, 2.24) is 10.6 Å². The fourth-order valence-corrected chi connectivity index (χ4v) is 2.60. The Hall–Kier alpha value is -1.17. The number of nitrogens with one attached hydrogen (secondary N) is 3. The first-order valence-corrected chi connectivity index (χ1v) is 8.04. The summed E-state index contributed by atoms with van der Waals surface area (Å²) >= 11 is 5.29. The molecule has 0 saturated carbocycles. The maximum atomic E-state index is 5.56. The summed E-state index contributed by atoms with van der Waals surface area (Å²) in [6.45, 7) is 3.49. The minimum absolute atomic E-state index is 0.317. The van der Waals surface area contributed by atoms with Crippen LogP contribution in [0, 0.1) is 0 Å². The molecule has 1 fully saturated rings. The molecule has 4 nitrogen and oxygen atoms in total. The van der Waals surface area contributed by atoms with Gasteiger partial charge in [0.05, 0.1) is 20.2 Å². The summed E-state index contributed by atoms with van der Waals surface area (Å²) in [6, 6.07) is 8.70. The van der Waals surface area contributed by atoms with Crippen molar-refractivity contribution in [3.8, 4) is 0 Å². The summed E-state index contributed by atoms with van der Waals surface area (Å²) in [7, 11) is 4.32. The SMILES string of the molecule is C[NH+](C)Cc1ccc(CNC(=S)NC[C@@H]2CCCO2)cc1. The van der Waals surface area contributed by atoms with E-state index >= 15 is 0 Å². The molecule has 1 aliphatic heterocycles. The average molecular weight is 308 g/mol. The fourth-order valence-electron chi connectivity index (χ4n) is 2.44. The molecule has 0 aromatic heterocycles. The lowest BCUT2D eigenvalue weighted by molar-refractivity contribution is -0.872. The second kappa shape index (κ2) is 8.32. The summed E-state index contributed by atoms with van der Waals surface area (Å²) in [6.07, 6.45) is 2.61. The number of hydrogen-bond acceptors (Lipinski definition) is 2. The van der Waals surface area contributed by atoms with Gasteiger partial charge in [0.1, 0.15) is 6.54 Å². The molecule has 0 bridgehead atoms. The van der Waals surface area contributed by atoms with Crippen molar-refractivity contribution < 1.29 is 9.64 Å². The highest BCUT2D eigenvalue weighted by molar-refractivity contribution is 7.80. The van der Waals surface area contributed by atoms with Crippen LogP contribution >= 0.6 is 12.2 Å². The highest BCUT2D eigenvalue weighted by Gasteiger charge is 2.15. The van der Waals surface area contributed by atoms with Gasteiger partial charge >= 0.3 is 0 Å². The van der Waals surface area contributed by atoms with Crippen molar-refractivity contribution in [2.24, 2.45) is 0 Å². The Kier molecular flexibility index (Phi) is 6.42. The third-order valence-corrected chi connectivity index (χ3v) is 3.84. The topological polar surface area (TPSA) is 37.7 Å². The van der Waals surface area contributed by atoms with Gasteiger partial charge in [-0.3, -0.25) is 0 Å². The van der Waals surface area contributed by atoms with E-state index in [-0.39, 0.29) is 0 Å². The maximum absolute atomic E-state index is 5.56. The lowest BCUT2D eigenvalue weighted by Gasteiger charge is -2.14. The van der Waals surface area contributed by atoms with Gasteiger partial charge in [-0.15, -0.1) is 0 Å². The third-order valence-electron chi connectivity index (χ3n) is 3.55. The molecule has 1 heterocycles. The Labute approximate surface area is 132 Å². The van der Waals surface area contributed by atoms with Crippen molar-refractivity contribution in [3.63, 3.8) is 0 Å². The standard InChI is InChI=1S/C16H25N3OS/c1-19(2)12-14-7-5-13(6-8-14)10-17-16(21)18-11-15-4-3-9-20-15/h5-8,15H,3-4,9-12H2,1-2H3,(H2,17,18,21)/p+1/t15-/m0/s1. The molecule has 116 valence electrons. The van der Waals surface area contributed by atoms with Crippen LogP contribution in [0.5, 0.6) is 0 Å². The molecule has 0 spiro atoms. The number of hydrogen-bond donors (Lipinski definition) is 3.